The van der Waals surface area contributed by atoms with E-state index in [1.807, 2.05) is 13.8 Å². The summed E-state index contributed by atoms with van der Waals surface area (Å²) in [7, 11) is -8.43. The number of aryl methyl sites for hydroxylation is 4. The molecule has 0 spiro atoms. The van der Waals surface area contributed by atoms with Gasteiger partial charge in [-0.05, 0) is 82.3 Å². The third-order valence-corrected chi connectivity index (χ3v) is 13.7. The minimum Gasteiger partial charge on any atom is -0.393 e. The quantitative estimate of drug-likeness (QED) is 0.224. The van der Waals surface area contributed by atoms with E-state index in [2.05, 4.69) is 0 Å². The molecular weight excluding hydrogens is 609 g/mol. The molecule has 4 aromatic rings. The van der Waals surface area contributed by atoms with Gasteiger partial charge in [0.25, 0.3) is 0 Å². The molecule has 2 aliphatic rings. The van der Waals surface area contributed by atoms with Gasteiger partial charge in [-0.2, -0.15) is 0 Å². The maximum Gasteiger partial charge on any atom is 0.737 e. The molecule has 2 aliphatic heterocycles. The second-order valence-corrected chi connectivity index (χ2v) is 16.6. The number of hydrogen-bond acceptors (Lipinski definition) is 5. The van der Waals surface area contributed by atoms with Gasteiger partial charge in [0.2, 0.25) is 19.7 Å². The van der Waals surface area contributed by atoms with E-state index in [9.17, 15) is 16.8 Å². The first-order valence-corrected chi connectivity index (χ1v) is 17.4. The Hall–Kier alpha value is -3.61. The number of sulfone groups is 2. The summed E-state index contributed by atoms with van der Waals surface area (Å²) in [4.78, 5) is -0.00231. The molecule has 0 unspecified atom stereocenters. The van der Waals surface area contributed by atoms with Crippen molar-refractivity contribution < 1.29 is 30.0 Å². The molecule has 12 heteroatoms. The number of halogens is 2. The Morgan fingerprint density at radius 3 is 1.86 bits per heavy atom. The first-order chi connectivity index (χ1) is 20.1. The maximum absolute atomic E-state index is 16.3. The lowest BCUT2D eigenvalue weighted by Gasteiger charge is -2.34. The summed E-state index contributed by atoms with van der Waals surface area (Å²) >= 11 is 0.642. The van der Waals surface area contributed by atoms with Crippen LogP contribution in [0.3, 0.4) is 0 Å². The monoisotopic (exact) mass is 638 g/mol. The molecule has 0 fully saturated rings. The van der Waals surface area contributed by atoms with Crippen molar-refractivity contribution in [2.24, 2.45) is 0 Å². The van der Waals surface area contributed by atoms with Gasteiger partial charge in [-0.15, -0.1) is 11.3 Å². The molecular formula is C31H29BF2N2O4S3. The summed E-state index contributed by atoms with van der Waals surface area (Å²) in [5.41, 5.74) is 4.11. The van der Waals surface area contributed by atoms with Crippen LogP contribution in [0.4, 0.5) is 8.63 Å². The average Bonchev–Trinajstić information content (AvgIpc) is 3.60. The third kappa shape index (κ3) is 4.33. The van der Waals surface area contributed by atoms with Crippen LogP contribution in [0.25, 0.3) is 5.57 Å². The summed E-state index contributed by atoms with van der Waals surface area (Å²) in [6, 6.07) is 15.6. The van der Waals surface area contributed by atoms with E-state index in [0.29, 0.717) is 33.9 Å². The van der Waals surface area contributed by atoms with Crippen LogP contribution in [0.5, 0.6) is 0 Å². The second kappa shape index (κ2) is 9.70. The molecule has 0 N–H and O–H groups in total. The second-order valence-electron chi connectivity index (χ2n) is 11.2. The van der Waals surface area contributed by atoms with Crippen molar-refractivity contribution in [3.05, 3.63) is 112 Å². The Bertz CT molecular complexity index is 2170. The zero-order valence-corrected chi connectivity index (χ0v) is 26.9. The molecule has 222 valence electrons. The van der Waals surface area contributed by atoms with Gasteiger partial charge in [-0.25, -0.2) is 16.8 Å². The highest BCUT2D eigenvalue weighted by atomic mass is 32.3. The van der Waals surface area contributed by atoms with Crippen molar-refractivity contribution in [3.8, 4) is 0 Å². The average molecular weight is 639 g/mol. The van der Waals surface area contributed by atoms with Crippen LogP contribution in [-0.2, 0) is 19.7 Å². The predicted molar refractivity (Wildman–Crippen MR) is 166 cm³/mol. The SMILES string of the molecule is CC1=CC(C)=[N+]2C1=C(c1cc(S(=O)(=O)c3ccc(C)cc3)sc1S(=O)(=O)c1ccc(C)cc1)c1c(C)cc(C)n1[B-]2(F)F. The standard InChI is InChI=1S/C31H29BF2N2O4S3/c1-18-7-11-24(12-8-18)42(37,38)27-17-26(31(41-27)43(39,40)25-13-9-19(2)10-14-25)28-29-20(3)15-22(5)35(29)32(33,34)36-23(6)16-21(4)30(28)36/h7-17H,1-6H3. The van der Waals surface area contributed by atoms with Gasteiger partial charge < -0.3 is 17.6 Å². The highest BCUT2D eigenvalue weighted by Gasteiger charge is 2.55. The zero-order chi connectivity index (χ0) is 31.2. The van der Waals surface area contributed by atoms with Gasteiger partial charge in [0, 0.05) is 29.8 Å². The van der Waals surface area contributed by atoms with Crippen LogP contribution >= 0.6 is 11.3 Å². The summed E-state index contributed by atoms with van der Waals surface area (Å²) in [5, 5.41) is 0. The fourth-order valence-electron chi connectivity index (χ4n) is 6.07. The number of hydrogen-bond donors (Lipinski definition) is 0. The van der Waals surface area contributed by atoms with Crippen molar-refractivity contribution in [2.45, 2.75) is 59.8 Å². The maximum atomic E-state index is 16.3. The molecule has 4 heterocycles. The Morgan fingerprint density at radius 2 is 1.30 bits per heavy atom. The van der Waals surface area contributed by atoms with Gasteiger partial charge in [-0.1, -0.05) is 35.4 Å². The predicted octanol–water partition coefficient (Wildman–Crippen LogP) is 6.88. The van der Waals surface area contributed by atoms with Crippen LogP contribution in [0, 0.1) is 27.7 Å². The molecule has 0 saturated heterocycles. The number of thiophene rings is 1. The summed E-state index contributed by atoms with van der Waals surface area (Å²) in [5.74, 6) is 0. The molecule has 6 rings (SSSR count). The first kappa shape index (κ1) is 29.5. The van der Waals surface area contributed by atoms with Crippen molar-refractivity contribution in [3.63, 3.8) is 0 Å². The van der Waals surface area contributed by atoms with E-state index in [0.717, 1.165) is 20.1 Å². The van der Waals surface area contributed by atoms with Crippen LogP contribution < -0.4 is 0 Å². The molecule has 0 bridgehead atoms. The molecule has 0 aliphatic carbocycles. The molecule has 2 aromatic heterocycles. The highest BCUT2D eigenvalue weighted by Crippen LogP contribution is 2.49. The van der Waals surface area contributed by atoms with E-state index < -0.39 is 26.6 Å². The number of rotatable bonds is 5. The van der Waals surface area contributed by atoms with E-state index in [-0.39, 0.29) is 40.7 Å². The van der Waals surface area contributed by atoms with Gasteiger partial charge in [0.05, 0.1) is 15.4 Å². The van der Waals surface area contributed by atoms with Crippen LogP contribution in [0.1, 0.15) is 47.5 Å². The smallest absolute Gasteiger partial charge is 0.393 e. The third-order valence-electron chi connectivity index (χ3n) is 8.05. The first-order valence-electron chi connectivity index (χ1n) is 13.6. The van der Waals surface area contributed by atoms with Crippen LogP contribution in [0.15, 0.2) is 96.2 Å². The molecule has 0 atom stereocenters. The topological polar surface area (TPSA) is 76.2 Å². The van der Waals surface area contributed by atoms with Crippen LogP contribution in [0.2, 0.25) is 0 Å². The lowest BCUT2D eigenvalue weighted by molar-refractivity contribution is -0.363. The van der Waals surface area contributed by atoms with E-state index in [4.69, 9.17) is 0 Å². The summed E-state index contributed by atoms with van der Waals surface area (Å²) in [6.07, 6.45) is 1.65. The lowest BCUT2D eigenvalue weighted by atomic mass is 9.84. The van der Waals surface area contributed by atoms with Crippen molar-refractivity contribution in [1.82, 2.24) is 4.48 Å². The molecule has 6 nitrogen and oxygen atoms in total. The van der Waals surface area contributed by atoms with Crippen molar-refractivity contribution >= 4 is 49.3 Å². The van der Waals surface area contributed by atoms with Crippen molar-refractivity contribution in [1.29, 1.82) is 0 Å². The highest BCUT2D eigenvalue weighted by molar-refractivity contribution is 7.96. The van der Waals surface area contributed by atoms with Crippen LogP contribution in [-0.4, -0.2) is 38.5 Å². The lowest BCUT2D eigenvalue weighted by Crippen LogP contribution is -2.51. The minimum atomic E-state index is -4.31. The van der Waals surface area contributed by atoms with Gasteiger partial charge >= 0.3 is 6.97 Å². The number of nitrogens with zero attached hydrogens (tertiary/aromatic N) is 2. The van der Waals surface area contributed by atoms with E-state index in [1.165, 1.54) is 30.3 Å². The Kier molecular flexibility index (Phi) is 6.65. The number of aromatic nitrogens is 1. The Balaban J connectivity index is 1.74. The Morgan fingerprint density at radius 1 is 0.767 bits per heavy atom. The number of benzene rings is 2. The molecule has 2 aromatic carbocycles. The molecule has 0 saturated carbocycles. The fraction of sp³-hybridized carbons (Fsp3) is 0.194. The number of allylic oxidation sites excluding steroid dienone is 2. The number of fused-ring (bicyclic) bond motifs is 2. The minimum absolute atomic E-state index is 0.0134. The normalized spacial score (nSPS) is 16.4. The summed E-state index contributed by atoms with van der Waals surface area (Å²) < 4.78 is 90.5. The van der Waals surface area contributed by atoms with Gasteiger partial charge in [0.15, 0.2) is 5.70 Å². The van der Waals surface area contributed by atoms with Crippen molar-refractivity contribution in [2.75, 3.05) is 0 Å². The van der Waals surface area contributed by atoms with Gasteiger partial charge in [0.1, 0.15) is 14.1 Å². The molecule has 0 radical (unpaired) electrons. The summed E-state index contributed by atoms with van der Waals surface area (Å²) in [6.45, 7) is 5.94. The van der Waals surface area contributed by atoms with Gasteiger partial charge in [-0.3, -0.25) is 0 Å². The fourth-order valence-corrected chi connectivity index (χ4v) is 11.0. The zero-order valence-electron chi connectivity index (χ0n) is 24.4. The largest absolute Gasteiger partial charge is 0.737 e. The van der Waals surface area contributed by atoms with E-state index >= 15 is 8.63 Å². The van der Waals surface area contributed by atoms with E-state index in [1.54, 1.807) is 64.1 Å². The molecule has 0 amide bonds. The Labute approximate surface area is 254 Å². The molecule has 43 heavy (non-hydrogen) atoms.